The van der Waals surface area contributed by atoms with Crippen molar-refractivity contribution < 1.29 is 4.79 Å². The van der Waals surface area contributed by atoms with Gasteiger partial charge in [-0.3, -0.25) is 0 Å². The van der Waals surface area contributed by atoms with E-state index in [2.05, 4.69) is 39.2 Å². The van der Waals surface area contributed by atoms with Gasteiger partial charge in [-0.25, -0.2) is 9.79 Å². The van der Waals surface area contributed by atoms with Gasteiger partial charge in [0.05, 0.1) is 12.3 Å². The van der Waals surface area contributed by atoms with Gasteiger partial charge in [0.25, 0.3) is 0 Å². The number of hydrogen-bond acceptors (Lipinski definition) is 4. The number of carbonyl (C=O) groups excluding carboxylic acids is 1. The smallest absolute Gasteiger partial charge is 0.240 e. The molecule has 2 atom stereocenters. The normalized spacial score (nSPS) is 30.2. The molecule has 4 nitrogen and oxygen atoms in total. The van der Waals surface area contributed by atoms with E-state index in [1.165, 1.54) is 6.42 Å². The average molecular weight is 227 g/mol. The number of aliphatic imine (C=N–C) groups is 2. The Labute approximate surface area is 99.7 Å². The fourth-order valence-corrected chi connectivity index (χ4v) is 2.63. The summed E-state index contributed by atoms with van der Waals surface area (Å²) < 4.78 is 0. The van der Waals surface area contributed by atoms with Crippen LogP contribution in [0, 0.1) is 5.92 Å². The Bertz CT molecular complexity index is 495. The summed E-state index contributed by atoms with van der Waals surface area (Å²) in [6.07, 6.45) is 12.6. The molecule has 3 aliphatic rings. The molecule has 0 bridgehead atoms. The maximum absolute atomic E-state index is 10.5. The third-order valence-electron chi connectivity index (χ3n) is 3.42. The summed E-state index contributed by atoms with van der Waals surface area (Å²) in [5.41, 5.74) is 0. The van der Waals surface area contributed by atoms with Crippen LogP contribution in [-0.4, -0.2) is 35.5 Å². The lowest BCUT2D eigenvalue weighted by Gasteiger charge is -2.40. The van der Waals surface area contributed by atoms with Crippen LogP contribution >= 0.6 is 0 Å². The zero-order chi connectivity index (χ0) is 11.7. The van der Waals surface area contributed by atoms with Crippen LogP contribution in [0.5, 0.6) is 0 Å². The molecule has 0 radical (unpaired) electrons. The highest BCUT2D eigenvalue weighted by atomic mass is 16.1. The van der Waals surface area contributed by atoms with Crippen molar-refractivity contribution in [1.82, 2.24) is 4.90 Å². The lowest BCUT2D eigenvalue weighted by molar-refractivity contribution is 0.234. The molecule has 0 N–H and O–H groups in total. The molecular weight excluding hydrogens is 214 g/mol. The van der Waals surface area contributed by atoms with Gasteiger partial charge in [0.15, 0.2) is 11.8 Å². The molecule has 17 heavy (non-hydrogen) atoms. The molecular formula is C13H13N3O. The Morgan fingerprint density at radius 3 is 3.06 bits per heavy atom. The van der Waals surface area contributed by atoms with Crippen LogP contribution in [0.1, 0.15) is 12.8 Å². The molecule has 1 fully saturated rings. The van der Waals surface area contributed by atoms with Gasteiger partial charge in [0.1, 0.15) is 0 Å². The molecule has 1 saturated heterocycles. The zero-order valence-electron chi connectivity index (χ0n) is 9.41. The molecule has 0 spiro atoms. The monoisotopic (exact) mass is 227 g/mol. The van der Waals surface area contributed by atoms with E-state index < -0.39 is 0 Å². The summed E-state index contributed by atoms with van der Waals surface area (Å²) in [5, 5.41) is 0. The number of fused-ring (bicyclic) bond motifs is 1. The van der Waals surface area contributed by atoms with Crippen molar-refractivity contribution in [3.63, 3.8) is 0 Å². The Kier molecular flexibility index (Phi) is 2.50. The van der Waals surface area contributed by atoms with E-state index in [0.717, 1.165) is 18.8 Å². The number of piperidine rings is 1. The molecule has 4 heteroatoms. The summed E-state index contributed by atoms with van der Waals surface area (Å²) in [7, 11) is 0. The van der Waals surface area contributed by atoms with E-state index in [-0.39, 0.29) is 5.82 Å². The molecule has 0 saturated carbocycles. The van der Waals surface area contributed by atoms with Gasteiger partial charge < -0.3 is 4.90 Å². The maximum atomic E-state index is 10.5. The minimum absolute atomic E-state index is 0.150. The van der Waals surface area contributed by atoms with Crippen molar-refractivity contribution >= 4 is 18.0 Å². The molecule has 0 aromatic rings. The van der Waals surface area contributed by atoms with E-state index in [4.69, 9.17) is 0 Å². The molecule has 0 aromatic carbocycles. The molecule has 2 heterocycles. The minimum Gasteiger partial charge on any atom is -0.348 e. The maximum Gasteiger partial charge on any atom is 0.240 e. The van der Waals surface area contributed by atoms with Crippen LogP contribution < -0.4 is 0 Å². The van der Waals surface area contributed by atoms with Crippen molar-refractivity contribution in [1.29, 1.82) is 0 Å². The van der Waals surface area contributed by atoms with Crippen molar-refractivity contribution in [2.45, 2.75) is 18.9 Å². The summed E-state index contributed by atoms with van der Waals surface area (Å²) in [4.78, 5) is 20.8. The van der Waals surface area contributed by atoms with Gasteiger partial charge in [-0.15, -0.1) is 0 Å². The Morgan fingerprint density at radius 1 is 1.35 bits per heavy atom. The fraction of sp³-hybridized carbons (Fsp3) is 0.385. The average Bonchev–Trinajstić information content (AvgIpc) is 2.87. The van der Waals surface area contributed by atoms with Gasteiger partial charge in [0.2, 0.25) is 5.82 Å². The van der Waals surface area contributed by atoms with Crippen LogP contribution in [0.2, 0.25) is 0 Å². The van der Waals surface area contributed by atoms with E-state index >= 15 is 0 Å². The SMILES string of the molecule is O=C=C1N=CC(N2CCCC3C=CC=CC32)=N1. The number of hydrogen-bond donors (Lipinski definition) is 0. The van der Waals surface area contributed by atoms with Gasteiger partial charge in [0, 0.05) is 12.5 Å². The van der Waals surface area contributed by atoms with Gasteiger partial charge in [-0.05, 0) is 12.8 Å². The Morgan fingerprint density at radius 2 is 2.24 bits per heavy atom. The topological polar surface area (TPSA) is 45.0 Å². The van der Waals surface area contributed by atoms with Gasteiger partial charge >= 0.3 is 0 Å². The van der Waals surface area contributed by atoms with Crippen LogP contribution in [0.3, 0.4) is 0 Å². The second-order valence-electron chi connectivity index (χ2n) is 4.41. The molecule has 1 aliphatic carbocycles. The standard InChI is InChI=1S/C13H13N3O/c17-9-12-14-8-13(15-12)16-7-3-5-10-4-1-2-6-11(10)16/h1-2,4,6,8,10-11H,3,5,7H2. The molecule has 0 amide bonds. The summed E-state index contributed by atoms with van der Waals surface area (Å²) in [6.45, 7) is 0.969. The Hall–Kier alpha value is -1.93. The van der Waals surface area contributed by atoms with Crippen LogP contribution in [0.25, 0.3) is 0 Å². The first-order valence-corrected chi connectivity index (χ1v) is 5.88. The first kappa shape index (κ1) is 10.2. The van der Waals surface area contributed by atoms with Crippen LogP contribution in [0.15, 0.2) is 40.1 Å². The van der Waals surface area contributed by atoms with Gasteiger partial charge in [-0.1, -0.05) is 24.3 Å². The van der Waals surface area contributed by atoms with Gasteiger partial charge in [-0.2, -0.15) is 4.99 Å². The predicted octanol–water partition coefficient (Wildman–Crippen LogP) is 1.35. The number of allylic oxidation sites excluding steroid dienone is 2. The number of likely N-dealkylation sites (tertiary alicyclic amines) is 1. The van der Waals surface area contributed by atoms with Crippen molar-refractivity contribution in [3.05, 3.63) is 30.1 Å². The number of amidine groups is 1. The van der Waals surface area contributed by atoms with Crippen molar-refractivity contribution in [2.24, 2.45) is 15.9 Å². The van der Waals surface area contributed by atoms with Crippen LogP contribution in [-0.2, 0) is 4.79 Å². The lowest BCUT2D eigenvalue weighted by Crippen LogP contribution is -2.47. The molecule has 86 valence electrons. The largest absolute Gasteiger partial charge is 0.348 e. The molecule has 2 aliphatic heterocycles. The highest BCUT2D eigenvalue weighted by Crippen LogP contribution is 2.29. The van der Waals surface area contributed by atoms with Crippen molar-refractivity contribution in [2.75, 3.05) is 6.54 Å². The summed E-state index contributed by atoms with van der Waals surface area (Å²) in [6, 6.07) is 0.352. The van der Waals surface area contributed by atoms with E-state index in [1.807, 2.05) is 0 Å². The first-order valence-electron chi connectivity index (χ1n) is 5.88. The first-order chi connectivity index (χ1) is 8.38. The molecule has 0 aromatic heterocycles. The summed E-state index contributed by atoms with van der Waals surface area (Å²) in [5.74, 6) is 3.22. The number of nitrogens with zero attached hydrogens (tertiary/aromatic N) is 3. The minimum atomic E-state index is 0.150. The Balaban J connectivity index is 1.88. The highest BCUT2D eigenvalue weighted by molar-refractivity contribution is 6.31. The second kappa shape index (κ2) is 4.15. The molecule has 2 unspecified atom stereocenters. The van der Waals surface area contributed by atoms with Crippen molar-refractivity contribution in [3.8, 4) is 0 Å². The van der Waals surface area contributed by atoms with E-state index in [0.29, 0.717) is 12.0 Å². The third-order valence-corrected chi connectivity index (χ3v) is 3.42. The predicted molar refractivity (Wildman–Crippen MR) is 66.6 cm³/mol. The molecule has 3 rings (SSSR count). The fourth-order valence-electron chi connectivity index (χ4n) is 2.63. The quantitative estimate of drug-likeness (QED) is 0.586. The number of rotatable bonds is 0. The second-order valence-corrected chi connectivity index (χ2v) is 4.41. The van der Waals surface area contributed by atoms with E-state index in [1.54, 1.807) is 12.2 Å². The summed E-state index contributed by atoms with van der Waals surface area (Å²) >= 11 is 0. The highest BCUT2D eigenvalue weighted by Gasteiger charge is 2.31. The van der Waals surface area contributed by atoms with Crippen LogP contribution in [0.4, 0.5) is 0 Å². The van der Waals surface area contributed by atoms with E-state index in [9.17, 15) is 4.79 Å². The lowest BCUT2D eigenvalue weighted by atomic mass is 9.86. The zero-order valence-corrected chi connectivity index (χ0v) is 9.41. The third kappa shape index (κ3) is 1.77.